The fourth-order valence-electron chi connectivity index (χ4n) is 3.57. The molecule has 1 aromatic carbocycles. The molecule has 2 aliphatic rings. The summed E-state index contributed by atoms with van der Waals surface area (Å²) in [5.41, 5.74) is 2.93. The van der Waals surface area contributed by atoms with Crippen molar-refractivity contribution in [3.8, 4) is 0 Å². The smallest absolute Gasteiger partial charge is 0.227 e. The summed E-state index contributed by atoms with van der Waals surface area (Å²) in [5, 5.41) is 8.71. The molecule has 2 unspecified atom stereocenters. The van der Waals surface area contributed by atoms with Crippen molar-refractivity contribution in [2.45, 2.75) is 35.9 Å². The molecule has 1 aromatic heterocycles. The summed E-state index contributed by atoms with van der Waals surface area (Å²) in [5.74, 6) is 1.30. The Bertz CT molecular complexity index is 856. The van der Waals surface area contributed by atoms with Crippen LogP contribution in [0.3, 0.4) is 0 Å². The fraction of sp³-hybridized carbons (Fsp3) is 0.389. The molecule has 0 saturated heterocycles. The molecule has 0 radical (unpaired) electrons. The Morgan fingerprint density at radius 3 is 2.60 bits per heavy atom. The van der Waals surface area contributed by atoms with Crippen molar-refractivity contribution in [3.63, 3.8) is 0 Å². The highest BCUT2D eigenvalue weighted by Gasteiger charge is 2.38. The number of Topliss-reactive ketones (excluding diaryl/α,β-unsaturated/α-hetero) is 1. The number of fused-ring (bicyclic) bond motifs is 1. The lowest BCUT2D eigenvalue weighted by Gasteiger charge is -2.34. The maximum Gasteiger partial charge on any atom is 0.227 e. The molecule has 7 heteroatoms. The molecule has 1 aliphatic heterocycles. The van der Waals surface area contributed by atoms with E-state index in [-0.39, 0.29) is 11.8 Å². The standard InChI is InChI=1S/C18H20N4OS2/c1-10-8-13-15(14(23)9-10)16(11-4-6-12(24-2)7-5-11)22-17(19-13)20-18(21-22)25-3/h4-7,10,16H,8-9H2,1-3H3,(H,19,20,21). The number of thioether (sulfide) groups is 2. The zero-order chi connectivity index (χ0) is 17.6. The average Bonchev–Trinajstić information content (AvgIpc) is 3.02. The Morgan fingerprint density at radius 1 is 1.16 bits per heavy atom. The molecular formula is C18H20N4OS2. The Morgan fingerprint density at radius 2 is 1.92 bits per heavy atom. The highest BCUT2D eigenvalue weighted by molar-refractivity contribution is 7.98. The van der Waals surface area contributed by atoms with Crippen LogP contribution in [0.2, 0.25) is 0 Å². The molecule has 130 valence electrons. The Kier molecular flexibility index (Phi) is 4.37. The number of allylic oxidation sites excluding steroid dienone is 2. The molecule has 2 heterocycles. The lowest BCUT2D eigenvalue weighted by molar-refractivity contribution is -0.117. The van der Waals surface area contributed by atoms with Gasteiger partial charge in [0.2, 0.25) is 11.1 Å². The number of benzene rings is 1. The van der Waals surface area contributed by atoms with Crippen LogP contribution in [0.5, 0.6) is 0 Å². The van der Waals surface area contributed by atoms with Gasteiger partial charge >= 0.3 is 0 Å². The molecule has 1 N–H and O–H groups in total. The third-order valence-electron chi connectivity index (χ3n) is 4.72. The van der Waals surface area contributed by atoms with Crippen LogP contribution in [0, 0.1) is 5.92 Å². The van der Waals surface area contributed by atoms with Crippen LogP contribution in [0.4, 0.5) is 5.95 Å². The molecule has 0 spiro atoms. The summed E-state index contributed by atoms with van der Waals surface area (Å²) in [6.07, 6.45) is 5.50. The number of rotatable bonds is 3. The van der Waals surface area contributed by atoms with E-state index in [2.05, 4.69) is 52.8 Å². The van der Waals surface area contributed by atoms with E-state index in [9.17, 15) is 4.79 Å². The summed E-state index contributed by atoms with van der Waals surface area (Å²) < 4.78 is 1.87. The van der Waals surface area contributed by atoms with Crippen molar-refractivity contribution in [2.24, 2.45) is 5.92 Å². The van der Waals surface area contributed by atoms with E-state index in [0.717, 1.165) is 29.2 Å². The second-order valence-corrected chi connectivity index (χ2v) is 8.15. The zero-order valence-corrected chi connectivity index (χ0v) is 16.1. The number of hydrogen-bond donors (Lipinski definition) is 1. The van der Waals surface area contributed by atoms with Crippen LogP contribution in [-0.2, 0) is 4.79 Å². The van der Waals surface area contributed by atoms with Gasteiger partial charge in [-0.25, -0.2) is 4.68 Å². The Hall–Kier alpha value is -1.73. The van der Waals surface area contributed by atoms with E-state index in [0.29, 0.717) is 17.5 Å². The summed E-state index contributed by atoms with van der Waals surface area (Å²) in [6, 6.07) is 8.20. The van der Waals surface area contributed by atoms with Gasteiger partial charge in [0.1, 0.15) is 6.04 Å². The SMILES string of the molecule is CSc1ccc(C2C3=C(CC(C)CC3=O)Nc3nc(SC)nn32)cc1. The molecule has 2 atom stereocenters. The van der Waals surface area contributed by atoms with Gasteiger partial charge in [0, 0.05) is 22.6 Å². The van der Waals surface area contributed by atoms with Gasteiger partial charge in [-0.3, -0.25) is 4.79 Å². The molecular weight excluding hydrogens is 352 g/mol. The molecule has 0 bridgehead atoms. The topological polar surface area (TPSA) is 59.8 Å². The first kappa shape index (κ1) is 16.7. The van der Waals surface area contributed by atoms with Crippen molar-refractivity contribution in [1.82, 2.24) is 14.8 Å². The van der Waals surface area contributed by atoms with Gasteiger partial charge in [0.05, 0.1) is 0 Å². The number of carbonyl (C=O) groups excluding carboxylic acids is 1. The number of carbonyl (C=O) groups is 1. The minimum absolute atomic E-state index is 0.199. The van der Waals surface area contributed by atoms with Gasteiger partial charge in [-0.15, -0.1) is 16.9 Å². The number of anilines is 1. The van der Waals surface area contributed by atoms with Crippen LogP contribution in [0.15, 0.2) is 45.6 Å². The second kappa shape index (κ2) is 6.53. The Balaban J connectivity index is 1.87. The quantitative estimate of drug-likeness (QED) is 0.822. The third-order valence-corrected chi connectivity index (χ3v) is 6.00. The van der Waals surface area contributed by atoms with E-state index < -0.39 is 0 Å². The largest absolute Gasteiger partial charge is 0.328 e. The van der Waals surface area contributed by atoms with E-state index in [1.54, 1.807) is 11.8 Å². The number of hydrogen-bond acceptors (Lipinski definition) is 6. The first-order valence-electron chi connectivity index (χ1n) is 8.28. The van der Waals surface area contributed by atoms with Crippen molar-refractivity contribution in [2.75, 3.05) is 17.8 Å². The highest BCUT2D eigenvalue weighted by atomic mass is 32.2. The van der Waals surface area contributed by atoms with Gasteiger partial charge in [0.25, 0.3) is 0 Å². The molecule has 4 rings (SSSR count). The zero-order valence-electron chi connectivity index (χ0n) is 14.4. The molecule has 0 amide bonds. The predicted molar refractivity (Wildman–Crippen MR) is 102 cm³/mol. The first-order chi connectivity index (χ1) is 12.1. The van der Waals surface area contributed by atoms with E-state index >= 15 is 0 Å². The van der Waals surface area contributed by atoms with Gasteiger partial charge in [-0.1, -0.05) is 30.8 Å². The normalized spacial score (nSPS) is 22.4. The third kappa shape index (κ3) is 2.89. The number of aromatic nitrogens is 3. The number of nitrogens with one attached hydrogen (secondary N) is 1. The summed E-state index contributed by atoms with van der Waals surface area (Å²) >= 11 is 3.22. The van der Waals surface area contributed by atoms with Crippen LogP contribution < -0.4 is 5.32 Å². The van der Waals surface area contributed by atoms with Crippen LogP contribution in [0.1, 0.15) is 31.4 Å². The Labute approximate surface area is 155 Å². The summed E-state index contributed by atoms with van der Waals surface area (Å²) in [4.78, 5) is 18.6. The number of nitrogens with zero attached hydrogens (tertiary/aromatic N) is 3. The fourth-order valence-corrected chi connectivity index (χ4v) is 4.32. The monoisotopic (exact) mass is 372 g/mol. The summed E-state index contributed by atoms with van der Waals surface area (Å²) in [7, 11) is 0. The van der Waals surface area contributed by atoms with Crippen molar-refractivity contribution < 1.29 is 4.79 Å². The minimum Gasteiger partial charge on any atom is -0.328 e. The maximum absolute atomic E-state index is 12.9. The summed E-state index contributed by atoms with van der Waals surface area (Å²) in [6.45, 7) is 2.12. The molecule has 25 heavy (non-hydrogen) atoms. The molecule has 0 saturated carbocycles. The van der Waals surface area contributed by atoms with Crippen LogP contribution in [0.25, 0.3) is 0 Å². The lowest BCUT2D eigenvalue weighted by atomic mass is 9.81. The van der Waals surface area contributed by atoms with E-state index in [4.69, 9.17) is 0 Å². The maximum atomic E-state index is 12.9. The second-order valence-electron chi connectivity index (χ2n) is 6.50. The van der Waals surface area contributed by atoms with Gasteiger partial charge < -0.3 is 5.32 Å². The van der Waals surface area contributed by atoms with Crippen molar-refractivity contribution in [1.29, 1.82) is 0 Å². The van der Waals surface area contributed by atoms with E-state index in [1.165, 1.54) is 16.7 Å². The van der Waals surface area contributed by atoms with E-state index in [1.807, 2.05) is 10.9 Å². The van der Waals surface area contributed by atoms with Gasteiger partial charge in [-0.05, 0) is 42.5 Å². The molecule has 1 aliphatic carbocycles. The molecule has 0 fully saturated rings. The number of ketones is 1. The first-order valence-corrected chi connectivity index (χ1v) is 10.7. The average molecular weight is 373 g/mol. The molecule has 2 aromatic rings. The van der Waals surface area contributed by atoms with Gasteiger partial charge in [-0.2, -0.15) is 4.98 Å². The van der Waals surface area contributed by atoms with Crippen LogP contribution in [-0.4, -0.2) is 33.1 Å². The van der Waals surface area contributed by atoms with Crippen molar-refractivity contribution >= 4 is 35.3 Å². The van der Waals surface area contributed by atoms with Crippen LogP contribution >= 0.6 is 23.5 Å². The molecule has 5 nitrogen and oxygen atoms in total. The lowest BCUT2D eigenvalue weighted by Crippen LogP contribution is -2.33. The van der Waals surface area contributed by atoms with Crippen molar-refractivity contribution in [3.05, 3.63) is 41.1 Å². The minimum atomic E-state index is -0.199. The van der Waals surface area contributed by atoms with Gasteiger partial charge in [0.15, 0.2) is 5.78 Å². The predicted octanol–water partition coefficient (Wildman–Crippen LogP) is 3.99. The highest BCUT2D eigenvalue weighted by Crippen LogP contribution is 2.41.